The maximum absolute atomic E-state index is 11.7. The van der Waals surface area contributed by atoms with Crippen LogP contribution in [-0.4, -0.2) is 57.9 Å². The molecule has 5 nitrogen and oxygen atoms in total. The molecule has 2 saturated heterocycles. The van der Waals surface area contributed by atoms with Crippen molar-refractivity contribution in [2.24, 2.45) is 11.8 Å². The summed E-state index contributed by atoms with van der Waals surface area (Å²) in [6.07, 6.45) is 6.81. The molecule has 2 aliphatic heterocycles. The Morgan fingerprint density at radius 3 is 2.62 bits per heavy atom. The van der Waals surface area contributed by atoms with Crippen molar-refractivity contribution in [2.45, 2.75) is 45.1 Å². The highest BCUT2D eigenvalue weighted by Crippen LogP contribution is 2.28. The van der Waals surface area contributed by atoms with Crippen LogP contribution in [0.4, 0.5) is 0 Å². The van der Waals surface area contributed by atoms with Gasteiger partial charge in [0, 0.05) is 32.3 Å². The monoisotopic (exact) mass is 318 g/mol. The third-order valence-corrected chi connectivity index (χ3v) is 6.11. The highest BCUT2D eigenvalue weighted by atomic mass is 32.2. The second kappa shape index (κ2) is 7.90. The number of rotatable bonds is 6. The van der Waals surface area contributed by atoms with Crippen molar-refractivity contribution in [1.82, 2.24) is 9.62 Å². The van der Waals surface area contributed by atoms with Gasteiger partial charge in [0.25, 0.3) is 0 Å². The molecule has 2 fully saturated rings. The molecule has 0 spiro atoms. The van der Waals surface area contributed by atoms with Crippen LogP contribution in [0, 0.1) is 11.8 Å². The molecule has 21 heavy (non-hydrogen) atoms. The molecule has 2 rings (SSSR count). The van der Waals surface area contributed by atoms with E-state index in [0.717, 1.165) is 51.9 Å². The maximum Gasteiger partial charge on any atom is 0.211 e. The van der Waals surface area contributed by atoms with Gasteiger partial charge in [-0.1, -0.05) is 6.92 Å². The first-order valence-electron chi connectivity index (χ1n) is 8.27. The van der Waals surface area contributed by atoms with Crippen molar-refractivity contribution >= 4 is 10.0 Å². The smallest absolute Gasteiger partial charge is 0.211 e. The molecule has 2 atom stereocenters. The number of nitrogens with zero attached hydrogens (tertiary/aromatic N) is 1. The molecule has 0 saturated carbocycles. The standard InChI is InChI=1S/C15H30N2O3S/c1-3-16-15(14-6-9-20-10-7-14)11-13-5-4-8-17(12-13)21(2,18)19/h13-16H,3-12H2,1-2H3. The molecule has 2 heterocycles. The summed E-state index contributed by atoms with van der Waals surface area (Å²) in [6.45, 7) is 6.25. The second-order valence-electron chi connectivity index (χ2n) is 6.48. The molecule has 0 amide bonds. The predicted molar refractivity (Wildman–Crippen MR) is 84.8 cm³/mol. The zero-order valence-corrected chi connectivity index (χ0v) is 14.2. The molecule has 0 bridgehead atoms. The summed E-state index contributed by atoms with van der Waals surface area (Å²) in [5, 5.41) is 3.63. The number of nitrogens with one attached hydrogen (secondary N) is 1. The van der Waals surface area contributed by atoms with Gasteiger partial charge in [-0.2, -0.15) is 0 Å². The lowest BCUT2D eigenvalue weighted by atomic mass is 9.83. The molecule has 0 aliphatic carbocycles. The molecule has 0 aromatic heterocycles. The topological polar surface area (TPSA) is 58.6 Å². The van der Waals surface area contributed by atoms with Crippen molar-refractivity contribution < 1.29 is 13.2 Å². The first kappa shape index (κ1) is 17.2. The quantitative estimate of drug-likeness (QED) is 0.805. The predicted octanol–water partition coefficient (Wildman–Crippen LogP) is 1.45. The molecular formula is C15H30N2O3S. The molecule has 0 aromatic carbocycles. The van der Waals surface area contributed by atoms with Crippen molar-refractivity contribution in [2.75, 3.05) is 39.1 Å². The van der Waals surface area contributed by atoms with Crippen LogP contribution in [0.5, 0.6) is 0 Å². The second-order valence-corrected chi connectivity index (χ2v) is 8.46. The van der Waals surface area contributed by atoms with Gasteiger partial charge in [-0.15, -0.1) is 0 Å². The van der Waals surface area contributed by atoms with Gasteiger partial charge in [-0.3, -0.25) is 0 Å². The van der Waals surface area contributed by atoms with Gasteiger partial charge in [0.05, 0.1) is 6.26 Å². The van der Waals surface area contributed by atoms with Gasteiger partial charge >= 0.3 is 0 Å². The molecule has 6 heteroatoms. The van der Waals surface area contributed by atoms with Crippen molar-refractivity contribution in [3.8, 4) is 0 Å². The number of sulfonamides is 1. The number of hydrogen-bond acceptors (Lipinski definition) is 4. The first-order chi connectivity index (χ1) is 10.0. The van der Waals surface area contributed by atoms with Crippen LogP contribution in [0.3, 0.4) is 0 Å². The van der Waals surface area contributed by atoms with E-state index in [4.69, 9.17) is 4.74 Å². The summed E-state index contributed by atoms with van der Waals surface area (Å²) >= 11 is 0. The van der Waals surface area contributed by atoms with E-state index in [1.165, 1.54) is 6.26 Å². The minimum absolute atomic E-state index is 0.486. The van der Waals surface area contributed by atoms with Crippen LogP contribution in [0.2, 0.25) is 0 Å². The van der Waals surface area contributed by atoms with E-state index in [1.54, 1.807) is 4.31 Å². The van der Waals surface area contributed by atoms with Crippen LogP contribution < -0.4 is 5.32 Å². The Morgan fingerprint density at radius 1 is 1.29 bits per heavy atom. The van der Waals surface area contributed by atoms with Crippen LogP contribution in [0.15, 0.2) is 0 Å². The zero-order valence-electron chi connectivity index (χ0n) is 13.4. The minimum Gasteiger partial charge on any atom is -0.381 e. The van der Waals surface area contributed by atoms with E-state index in [1.807, 2.05) is 0 Å². The molecule has 0 aromatic rings. The Hall–Kier alpha value is -0.170. The first-order valence-corrected chi connectivity index (χ1v) is 10.1. The van der Waals surface area contributed by atoms with Gasteiger partial charge in [-0.25, -0.2) is 12.7 Å². The fourth-order valence-corrected chi connectivity index (χ4v) is 4.64. The van der Waals surface area contributed by atoms with Gasteiger partial charge in [-0.05, 0) is 50.5 Å². The van der Waals surface area contributed by atoms with Gasteiger partial charge in [0.1, 0.15) is 0 Å². The fourth-order valence-electron chi connectivity index (χ4n) is 3.70. The third-order valence-electron chi connectivity index (χ3n) is 4.84. The summed E-state index contributed by atoms with van der Waals surface area (Å²) in [5.41, 5.74) is 0. The lowest BCUT2D eigenvalue weighted by Crippen LogP contribution is -2.44. The highest BCUT2D eigenvalue weighted by Gasteiger charge is 2.30. The van der Waals surface area contributed by atoms with Crippen molar-refractivity contribution in [3.05, 3.63) is 0 Å². The Bertz CT molecular complexity index is 407. The average molecular weight is 318 g/mol. The Kier molecular flexibility index (Phi) is 6.47. The SMILES string of the molecule is CCNC(CC1CCCN(S(C)(=O)=O)C1)C1CCOCC1. The number of piperidine rings is 1. The summed E-state index contributed by atoms with van der Waals surface area (Å²) in [4.78, 5) is 0. The van der Waals surface area contributed by atoms with E-state index in [9.17, 15) is 8.42 Å². The zero-order chi connectivity index (χ0) is 15.3. The van der Waals surface area contributed by atoms with Crippen LogP contribution >= 0.6 is 0 Å². The minimum atomic E-state index is -3.04. The molecule has 0 radical (unpaired) electrons. The summed E-state index contributed by atoms with van der Waals surface area (Å²) in [5.74, 6) is 1.16. The summed E-state index contributed by atoms with van der Waals surface area (Å²) in [6, 6.07) is 0.503. The van der Waals surface area contributed by atoms with E-state index in [2.05, 4.69) is 12.2 Å². The number of ether oxygens (including phenoxy) is 1. The molecule has 2 unspecified atom stereocenters. The number of hydrogen-bond donors (Lipinski definition) is 1. The normalized spacial score (nSPS) is 27.6. The van der Waals surface area contributed by atoms with Gasteiger partial charge in [0.15, 0.2) is 0 Å². The van der Waals surface area contributed by atoms with E-state index in [-0.39, 0.29) is 0 Å². The molecule has 1 N–H and O–H groups in total. The van der Waals surface area contributed by atoms with Crippen molar-refractivity contribution in [3.63, 3.8) is 0 Å². The Balaban J connectivity index is 1.92. The molecular weight excluding hydrogens is 288 g/mol. The van der Waals surface area contributed by atoms with E-state index in [0.29, 0.717) is 31.0 Å². The molecule has 124 valence electrons. The lowest BCUT2D eigenvalue weighted by molar-refractivity contribution is 0.0487. The van der Waals surface area contributed by atoms with Gasteiger partial charge in [0.2, 0.25) is 10.0 Å². The van der Waals surface area contributed by atoms with E-state index < -0.39 is 10.0 Å². The van der Waals surface area contributed by atoms with Crippen LogP contribution in [0.25, 0.3) is 0 Å². The van der Waals surface area contributed by atoms with Crippen molar-refractivity contribution in [1.29, 1.82) is 0 Å². The van der Waals surface area contributed by atoms with Crippen LogP contribution in [-0.2, 0) is 14.8 Å². The largest absolute Gasteiger partial charge is 0.381 e. The highest BCUT2D eigenvalue weighted by molar-refractivity contribution is 7.88. The van der Waals surface area contributed by atoms with Gasteiger partial charge < -0.3 is 10.1 Å². The Labute approximate surface area is 129 Å². The maximum atomic E-state index is 11.7. The Morgan fingerprint density at radius 2 is 2.00 bits per heavy atom. The summed E-state index contributed by atoms with van der Waals surface area (Å²) in [7, 11) is -3.04. The fraction of sp³-hybridized carbons (Fsp3) is 1.00. The van der Waals surface area contributed by atoms with E-state index >= 15 is 0 Å². The molecule has 2 aliphatic rings. The lowest BCUT2D eigenvalue weighted by Gasteiger charge is -2.37. The third kappa shape index (κ3) is 5.20. The summed E-state index contributed by atoms with van der Waals surface area (Å²) < 4.78 is 30.6. The van der Waals surface area contributed by atoms with Crippen LogP contribution in [0.1, 0.15) is 39.0 Å². The average Bonchev–Trinajstić information content (AvgIpc) is 2.47.